The first-order valence-electron chi connectivity index (χ1n) is 8.81. The molecule has 2 aliphatic rings. The summed E-state index contributed by atoms with van der Waals surface area (Å²) in [5.74, 6) is 0.872. The Morgan fingerprint density at radius 1 is 1.48 bits per heavy atom. The number of guanidine groups is 1. The van der Waals surface area contributed by atoms with Crippen LogP contribution in [-0.4, -0.2) is 48.1 Å². The monoisotopic (exact) mass is 319 g/mol. The predicted molar refractivity (Wildman–Crippen MR) is 91.9 cm³/mol. The third-order valence-corrected chi connectivity index (χ3v) is 4.71. The summed E-state index contributed by atoms with van der Waals surface area (Å²) in [5.41, 5.74) is 2.64. The predicted octanol–water partition coefficient (Wildman–Crippen LogP) is 1.67. The van der Waals surface area contributed by atoms with E-state index >= 15 is 0 Å². The first-order chi connectivity index (χ1) is 11.2. The Morgan fingerprint density at radius 2 is 2.35 bits per heavy atom. The minimum Gasteiger partial charge on any atom is -0.376 e. The van der Waals surface area contributed by atoms with Crippen LogP contribution < -0.4 is 10.6 Å². The van der Waals surface area contributed by atoms with Crippen LogP contribution in [0.15, 0.2) is 11.2 Å². The van der Waals surface area contributed by atoms with Crippen molar-refractivity contribution >= 4 is 5.96 Å². The van der Waals surface area contributed by atoms with Crippen LogP contribution in [0.25, 0.3) is 0 Å². The van der Waals surface area contributed by atoms with Crippen LogP contribution in [-0.2, 0) is 17.6 Å². The Morgan fingerprint density at radius 3 is 3.04 bits per heavy atom. The van der Waals surface area contributed by atoms with Crippen LogP contribution in [0.3, 0.4) is 0 Å². The first-order valence-corrected chi connectivity index (χ1v) is 8.81. The molecule has 0 spiro atoms. The highest BCUT2D eigenvalue weighted by molar-refractivity contribution is 5.80. The van der Waals surface area contributed by atoms with Gasteiger partial charge in [0, 0.05) is 44.9 Å². The van der Waals surface area contributed by atoms with Gasteiger partial charge in [0.15, 0.2) is 5.96 Å². The zero-order valence-corrected chi connectivity index (χ0v) is 14.5. The van der Waals surface area contributed by atoms with Crippen molar-refractivity contribution in [2.75, 3.05) is 20.2 Å². The molecule has 0 saturated carbocycles. The standard InChI is InChI=1S/C17H29N5O/c1-12(2)22-11-13-6-7-14(9-16(13)21-22)20-17(18-3)19-10-15-5-4-8-23-15/h11-12,14-15H,4-10H2,1-3H3,(H2,18,19,20). The molecule has 2 unspecified atom stereocenters. The minimum atomic E-state index is 0.327. The highest BCUT2D eigenvalue weighted by atomic mass is 16.5. The third kappa shape index (κ3) is 4.05. The molecule has 128 valence electrons. The van der Waals surface area contributed by atoms with Gasteiger partial charge in [-0.3, -0.25) is 9.67 Å². The lowest BCUT2D eigenvalue weighted by Crippen LogP contribution is -2.47. The number of rotatable bonds is 4. The zero-order valence-electron chi connectivity index (χ0n) is 14.5. The number of aryl methyl sites for hydroxylation is 1. The summed E-state index contributed by atoms with van der Waals surface area (Å²) in [5, 5.41) is 11.7. The molecule has 0 radical (unpaired) electrons. The van der Waals surface area contributed by atoms with Gasteiger partial charge in [-0.25, -0.2) is 0 Å². The maximum atomic E-state index is 5.65. The fourth-order valence-electron chi connectivity index (χ4n) is 3.30. The Balaban J connectivity index is 1.53. The van der Waals surface area contributed by atoms with Crippen molar-refractivity contribution in [3.05, 3.63) is 17.5 Å². The molecule has 1 aliphatic heterocycles. The van der Waals surface area contributed by atoms with Crippen LogP contribution in [0, 0.1) is 0 Å². The average molecular weight is 319 g/mol. The SMILES string of the molecule is CN=C(NCC1CCCO1)NC1CCc2cn(C(C)C)nc2C1. The van der Waals surface area contributed by atoms with E-state index in [0.717, 1.165) is 44.8 Å². The molecule has 6 heteroatoms. The molecule has 0 amide bonds. The molecule has 23 heavy (non-hydrogen) atoms. The lowest BCUT2D eigenvalue weighted by molar-refractivity contribution is 0.113. The number of aliphatic imine (C=N–C) groups is 1. The molecule has 2 N–H and O–H groups in total. The Labute approximate surface area is 138 Å². The Kier molecular flexibility index (Phi) is 5.20. The van der Waals surface area contributed by atoms with E-state index in [1.165, 1.54) is 17.7 Å². The maximum Gasteiger partial charge on any atom is 0.191 e. The fraction of sp³-hybridized carbons (Fsp3) is 0.765. The van der Waals surface area contributed by atoms with Crippen LogP contribution >= 0.6 is 0 Å². The van der Waals surface area contributed by atoms with Crippen molar-refractivity contribution in [2.45, 2.75) is 64.1 Å². The minimum absolute atomic E-state index is 0.327. The van der Waals surface area contributed by atoms with Gasteiger partial charge in [-0.15, -0.1) is 0 Å². The number of ether oxygens (including phenoxy) is 1. The molecule has 0 bridgehead atoms. The van der Waals surface area contributed by atoms with Crippen LogP contribution in [0.2, 0.25) is 0 Å². The fourth-order valence-corrected chi connectivity index (χ4v) is 3.30. The molecular weight excluding hydrogens is 290 g/mol. The number of nitrogens with one attached hydrogen (secondary N) is 2. The summed E-state index contributed by atoms with van der Waals surface area (Å²) in [6.07, 6.45) is 8.02. The average Bonchev–Trinajstić information content (AvgIpc) is 3.20. The lowest BCUT2D eigenvalue weighted by atomic mass is 9.94. The van der Waals surface area contributed by atoms with Gasteiger partial charge >= 0.3 is 0 Å². The highest BCUT2D eigenvalue weighted by Crippen LogP contribution is 2.21. The van der Waals surface area contributed by atoms with Gasteiger partial charge in [0.05, 0.1) is 11.8 Å². The molecule has 1 aliphatic carbocycles. The second-order valence-corrected chi connectivity index (χ2v) is 6.85. The van der Waals surface area contributed by atoms with Gasteiger partial charge in [-0.2, -0.15) is 5.10 Å². The van der Waals surface area contributed by atoms with Gasteiger partial charge in [-0.05, 0) is 45.1 Å². The maximum absolute atomic E-state index is 5.65. The molecule has 1 aromatic heterocycles. The van der Waals surface area contributed by atoms with Gasteiger partial charge in [0.25, 0.3) is 0 Å². The molecular formula is C17H29N5O. The molecule has 6 nitrogen and oxygen atoms in total. The van der Waals surface area contributed by atoms with Crippen LogP contribution in [0.4, 0.5) is 0 Å². The van der Waals surface area contributed by atoms with E-state index in [1.54, 1.807) is 0 Å². The van der Waals surface area contributed by atoms with Crippen molar-refractivity contribution in [1.29, 1.82) is 0 Å². The summed E-state index contributed by atoms with van der Waals surface area (Å²) in [6, 6.07) is 0.821. The van der Waals surface area contributed by atoms with Crippen LogP contribution in [0.5, 0.6) is 0 Å². The molecule has 2 atom stereocenters. The number of nitrogens with zero attached hydrogens (tertiary/aromatic N) is 3. The second-order valence-electron chi connectivity index (χ2n) is 6.85. The summed E-state index contributed by atoms with van der Waals surface area (Å²) in [7, 11) is 1.83. The van der Waals surface area contributed by atoms with Crippen molar-refractivity contribution < 1.29 is 4.74 Å². The van der Waals surface area contributed by atoms with E-state index in [-0.39, 0.29) is 0 Å². The van der Waals surface area contributed by atoms with Crippen molar-refractivity contribution in [3.8, 4) is 0 Å². The Bertz CT molecular complexity index is 545. The van der Waals surface area contributed by atoms with Crippen LogP contribution in [0.1, 0.15) is 50.4 Å². The number of hydrogen-bond donors (Lipinski definition) is 2. The van der Waals surface area contributed by atoms with E-state index < -0.39 is 0 Å². The molecule has 1 saturated heterocycles. The molecule has 1 fully saturated rings. The zero-order chi connectivity index (χ0) is 16.2. The number of hydrogen-bond acceptors (Lipinski definition) is 3. The largest absolute Gasteiger partial charge is 0.376 e. The van der Waals surface area contributed by atoms with Crippen molar-refractivity contribution in [2.24, 2.45) is 4.99 Å². The van der Waals surface area contributed by atoms with E-state index in [1.807, 2.05) is 7.05 Å². The first kappa shape index (κ1) is 16.3. The molecule has 3 rings (SSSR count). The van der Waals surface area contributed by atoms with Gasteiger partial charge in [-0.1, -0.05) is 0 Å². The van der Waals surface area contributed by atoms with Crippen molar-refractivity contribution in [3.63, 3.8) is 0 Å². The van der Waals surface area contributed by atoms with Gasteiger partial charge in [0.1, 0.15) is 0 Å². The van der Waals surface area contributed by atoms with E-state index in [4.69, 9.17) is 9.84 Å². The summed E-state index contributed by atoms with van der Waals surface area (Å²) in [6.45, 7) is 6.07. The summed E-state index contributed by atoms with van der Waals surface area (Å²) < 4.78 is 7.73. The smallest absolute Gasteiger partial charge is 0.191 e. The third-order valence-electron chi connectivity index (χ3n) is 4.71. The summed E-state index contributed by atoms with van der Waals surface area (Å²) in [4.78, 5) is 4.35. The summed E-state index contributed by atoms with van der Waals surface area (Å²) >= 11 is 0. The quantitative estimate of drug-likeness (QED) is 0.654. The second kappa shape index (κ2) is 7.34. The highest BCUT2D eigenvalue weighted by Gasteiger charge is 2.23. The lowest BCUT2D eigenvalue weighted by Gasteiger charge is -2.25. The molecule has 2 heterocycles. The van der Waals surface area contributed by atoms with Gasteiger partial charge in [0.2, 0.25) is 0 Å². The van der Waals surface area contributed by atoms with E-state index in [0.29, 0.717) is 18.2 Å². The number of aromatic nitrogens is 2. The van der Waals surface area contributed by atoms with Gasteiger partial charge < -0.3 is 15.4 Å². The molecule has 0 aromatic carbocycles. The Hall–Kier alpha value is -1.56. The van der Waals surface area contributed by atoms with E-state index in [2.05, 4.69) is 40.4 Å². The topological polar surface area (TPSA) is 63.5 Å². The molecule has 1 aromatic rings. The normalized spacial score (nSPS) is 24.8. The van der Waals surface area contributed by atoms with E-state index in [9.17, 15) is 0 Å². The number of fused-ring (bicyclic) bond motifs is 1. The van der Waals surface area contributed by atoms with Crippen molar-refractivity contribution in [1.82, 2.24) is 20.4 Å².